The first-order valence-corrected chi connectivity index (χ1v) is 16.8. The first-order valence-electron chi connectivity index (χ1n) is 16.8. The minimum Gasteiger partial charge on any atom is -1.00 e. The van der Waals surface area contributed by atoms with Crippen LogP contribution < -0.4 is 35.3 Å². The molecule has 0 nitrogen and oxygen atoms in total. The Hall–Kier alpha value is -2.44. The van der Waals surface area contributed by atoms with Crippen LogP contribution in [0, 0.1) is 0 Å². The van der Waals surface area contributed by atoms with Crippen molar-refractivity contribution in [3.05, 3.63) is 146 Å². The maximum Gasteiger partial charge on any atom is 3.00 e. The van der Waals surface area contributed by atoms with E-state index in [1.165, 1.54) is 77.2 Å². The SMILES string of the molecule is CC(C)c1ccc(C(c2ccc(C(C)C)cc2)=c2cc3c(c(C4=CC=CC4)c2C(C)(C)C)=[C-]c2cc(C(C)(C)C)ccc2-3)cc1.[Cl-].[Cl-].[Zr+3]. The third-order valence-electron chi connectivity index (χ3n) is 9.61. The normalized spacial score (nSPS) is 13.2. The molecule has 4 aromatic carbocycles. The van der Waals surface area contributed by atoms with Gasteiger partial charge in [-0.25, -0.2) is 0 Å². The first-order chi connectivity index (χ1) is 21.2. The van der Waals surface area contributed by atoms with E-state index >= 15 is 0 Å². The van der Waals surface area contributed by atoms with Crippen molar-refractivity contribution in [1.82, 2.24) is 0 Å². The second-order valence-corrected chi connectivity index (χ2v) is 15.7. The van der Waals surface area contributed by atoms with Crippen molar-refractivity contribution in [3.63, 3.8) is 0 Å². The molecule has 3 heteroatoms. The van der Waals surface area contributed by atoms with Gasteiger partial charge >= 0.3 is 26.2 Å². The van der Waals surface area contributed by atoms with Gasteiger partial charge in [-0.3, -0.25) is 0 Å². The Morgan fingerprint density at radius 1 is 0.667 bits per heavy atom. The number of benzene rings is 4. The van der Waals surface area contributed by atoms with Gasteiger partial charge in [0.05, 0.1) is 0 Å². The molecule has 0 spiro atoms. The summed E-state index contributed by atoms with van der Waals surface area (Å²) in [5, 5.41) is 2.58. The molecule has 0 heterocycles. The fourth-order valence-electron chi connectivity index (χ4n) is 6.99. The van der Waals surface area contributed by atoms with Crippen LogP contribution in [0.1, 0.15) is 132 Å². The molecule has 0 fully saturated rings. The minimum absolute atomic E-state index is 0. The maximum absolute atomic E-state index is 3.96. The van der Waals surface area contributed by atoms with Gasteiger partial charge in [0.2, 0.25) is 0 Å². The molecule has 0 aromatic heterocycles. The van der Waals surface area contributed by atoms with E-state index < -0.39 is 0 Å². The van der Waals surface area contributed by atoms with Gasteiger partial charge in [0.1, 0.15) is 0 Å². The van der Waals surface area contributed by atoms with E-state index in [0.717, 1.165) is 6.42 Å². The minimum atomic E-state index is -0.100. The van der Waals surface area contributed by atoms with Crippen LogP contribution in [0.25, 0.3) is 28.3 Å². The molecule has 0 bridgehead atoms. The Bertz CT molecular complexity index is 1900. The molecule has 48 heavy (non-hydrogen) atoms. The summed E-state index contributed by atoms with van der Waals surface area (Å²) < 4.78 is 0. The van der Waals surface area contributed by atoms with Crippen molar-refractivity contribution in [2.24, 2.45) is 0 Å². The van der Waals surface area contributed by atoms with Crippen molar-refractivity contribution in [3.8, 4) is 11.1 Å². The number of halogens is 2. The molecule has 0 N–H and O–H groups in total. The molecule has 1 radical (unpaired) electrons. The fourth-order valence-corrected chi connectivity index (χ4v) is 6.99. The van der Waals surface area contributed by atoms with Crippen LogP contribution in [0.4, 0.5) is 0 Å². The summed E-state index contributed by atoms with van der Waals surface area (Å²) in [5.41, 5.74) is 15.9. The van der Waals surface area contributed by atoms with Crippen LogP contribution in [0.2, 0.25) is 0 Å². The van der Waals surface area contributed by atoms with Crippen LogP contribution in [-0.2, 0) is 37.0 Å². The third-order valence-corrected chi connectivity index (χ3v) is 9.61. The van der Waals surface area contributed by atoms with Gasteiger partial charge in [-0.1, -0.05) is 176 Å². The molecule has 0 atom stereocenters. The van der Waals surface area contributed by atoms with E-state index in [2.05, 4.69) is 166 Å². The number of fused-ring (bicyclic) bond motifs is 3. The predicted octanol–water partition coefficient (Wildman–Crippen LogP) is 4.81. The van der Waals surface area contributed by atoms with Crippen molar-refractivity contribution >= 4 is 17.2 Å². The van der Waals surface area contributed by atoms with Gasteiger partial charge in [0.15, 0.2) is 0 Å². The van der Waals surface area contributed by atoms with Crippen molar-refractivity contribution < 1.29 is 51.0 Å². The number of rotatable bonds is 5. The van der Waals surface area contributed by atoms with Gasteiger partial charge in [0.25, 0.3) is 0 Å². The Morgan fingerprint density at radius 2 is 1.21 bits per heavy atom. The fraction of sp³-hybridized carbons (Fsp3) is 0.333. The van der Waals surface area contributed by atoms with E-state index in [0.29, 0.717) is 11.8 Å². The van der Waals surface area contributed by atoms with Crippen LogP contribution >= 0.6 is 0 Å². The van der Waals surface area contributed by atoms with E-state index in [9.17, 15) is 0 Å². The number of hydrogen-bond donors (Lipinski definition) is 0. The molecule has 4 aromatic rings. The smallest absolute Gasteiger partial charge is 1.00 e. The monoisotopic (exact) mass is 749 g/mol. The Balaban J connectivity index is 0.00000208. The van der Waals surface area contributed by atoms with Gasteiger partial charge in [-0.15, -0.1) is 34.1 Å². The maximum atomic E-state index is 3.96. The third kappa shape index (κ3) is 7.65. The molecule has 247 valence electrons. The first kappa shape index (κ1) is 40.0. The Kier molecular flexibility index (Phi) is 12.7. The van der Waals surface area contributed by atoms with Gasteiger partial charge in [-0.2, -0.15) is 0 Å². The second-order valence-electron chi connectivity index (χ2n) is 15.7. The summed E-state index contributed by atoms with van der Waals surface area (Å²) in [5.74, 6) is 0.985. The second kappa shape index (κ2) is 15.2. The summed E-state index contributed by atoms with van der Waals surface area (Å²) in [6, 6.07) is 28.2. The molecular formula is C45H49Cl2Zr. The molecule has 0 amide bonds. The van der Waals surface area contributed by atoms with Crippen molar-refractivity contribution in [2.75, 3.05) is 0 Å². The molecule has 0 aliphatic heterocycles. The summed E-state index contributed by atoms with van der Waals surface area (Å²) in [7, 11) is 0. The van der Waals surface area contributed by atoms with Crippen LogP contribution in [0.15, 0.2) is 91.0 Å². The van der Waals surface area contributed by atoms with E-state index in [4.69, 9.17) is 0 Å². The molecular weight excluding hydrogens is 703 g/mol. The zero-order chi connectivity index (χ0) is 32.3. The summed E-state index contributed by atoms with van der Waals surface area (Å²) in [4.78, 5) is 0. The average molecular weight is 752 g/mol. The molecule has 0 saturated heterocycles. The summed E-state index contributed by atoms with van der Waals surface area (Å²) in [6.45, 7) is 23.1. The Labute approximate surface area is 321 Å². The molecule has 2 aliphatic carbocycles. The zero-order valence-corrected chi connectivity index (χ0v) is 34.2. The summed E-state index contributed by atoms with van der Waals surface area (Å²) in [6.07, 6.45) is 11.7. The van der Waals surface area contributed by atoms with Crippen LogP contribution in [-0.4, -0.2) is 0 Å². The zero-order valence-electron chi connectivity index (χ0n) is 30.3. The topological polar surface area (TPSA) is 0 Å². The quantitative estimate of drug-likeness (QED) is 0.227. The molecule has 0 unspecified atom stereocenters. The van der Waals surface area contributed by atoms with Crippen LogP contribution in [0.5, 0.6) is 0 Å². The number of allylic oxidation sites excluding steroid dienone is 4. The molecule has 6 rings (SSSR count). The molecule has 0 saturated carbocycles. The standard InChI is InChI=1S/C45H49.2ClH.Zr/c1-28(2)30-15-19-33(20-16-30)41(34-21-17-31(18-22-34)29(3)4)40-27-38-37-24-23-36(44(5,6)7)25-35(37)26-39(38)42(32-13-11-12-14-32)43(40)45(8,9)10;;;/h11-13,15-25,27-29H,14H2,1-10H3;2*1H;/q-1;;;+3/p-2. The predicted molar refractivity (Wildman–Crippen MR) is 195 cm³/mol. The van der Waals surface area contributed by atoms with Gasteiger partial charge in [0, 0.05) is 0 Å². The van der Waals surface area contributed by atoms with E-state index in [1.807, 2.05) is 0 Å². The summed E-state index contributed by atoms with van der Waals surface area (Å²) >= 11 is 0. The van der Waals surface area contributed by atoms with Crippen molar-refractivity contribution in [1.29, 1.82) is 0 Å². The van der Waals surface area contributed by atoms with E-state index in [1.54, 1.807) is 0 Å². The van der Waals surface area contributed by atoms with Crippen LogP contribution in [0.3, 0.4) is 0 Å². The Morgan fingerprint density at radius 3 is 1.65 bits per heavy atom. The average Bonchev–Trinajstić information content (AvgIpc) is 3.64. The largest absolute Gasteiger partial charge is 3.00 e. The van der Waals surface area contributed by atoms with Gasteiger partial charge in [-0.05, 0) is 62.1 Å². The van der Waals surface area contributed by atoms with E-state index in [-0.39, 0.29) is 61.8 Å². The molecule has 2 aliphatic rings. The van der Waals surface area contributed by atoms with Crippen molar-refractivity contribution in [2.45, 2.75) is 98.3 Å². The number of hydrogen-bond acceptors (Lipinski definition) is 0. The van der Waals surface area contributed by atoms with Gasteiger partial charge < -0.3 is 24.8 Å².